The Balaban J connectivity index is 1.61. The van der Waals surface area contributed by atoms with E-state index in [0.29, 0.717) is 22.3 Å². The number of nitrogens with one attached hydrogen (secondary N) is 1. The fraction of sp³-hybridized carbons (Fsp3) is 0.444. The number of carbonyl (C=O) groups excluding carboxylic acids is 1. The molecule has 31 heavy (non-hydrogen) atoms. The Bertz CT molecular complexity index is 1090. The predicted octanol–water partition coefficient (Wildman–Crippen LogP) is 3.01. The van der Waals surface area contributed by atoms with E-state index in [1.54, 1.807) is 0 Å². The number of terminal acetylenes is 1. The normalized spacial score (nSPS) is 26.0. The summed E-state index contributed by atoms with van der Waals surface area (Å²) in [4.78, 5) is 25.0. The van der Waals surface area contributed by atoms with Gasteiger partial charge in [-0.25, -0.2) is 15.0 Å². The largest absolute Gasteiger partial charge is 0.452 e. The van der Waals surface area contributed by atoms with Gasteiger partial charge in [-0.3, -0.25) is 4.79 Å². The van der Waals surface area contributed by atoms with Gasteiger partial charge in [0.15, 0.2) is 16.8 Å². The van der Waals surface area contributed by atoms with Crippen LogP contribution < -0.4 is 11.1 Å². The molecule has 4 rings (SSSR count). The highest BCUT2D eigenvalue weighted by molar-refractivity contribution is 8.13. The molecule has 2 aliphatic heterocycles. The van der Waals surface area contributed by atoms with E-state index in [2.05, 4.69) is 30.6 Å². The Kier molecular flexibility index (Phi) is 5.48. The van der Waals surface area contributed by atoms with Crippen LogP contribution in [0.5, 0.6) is 0 Å². The van der Waals surface area contributed by atoms with Crippen molar-refractivity contribution in [3.8, 4) is 12.3 Å². The Morgan fingerprint density at radius 2 is 2.23 bits per heavy atom. The third-order valence-corrected chi connectivity index (χ3v) is 6.89. The maximum atomic E-state index is 13.1. The van der Waals surface area contributed by atoms with Crippen molar-refractivity contribution in [3.05, 3.63) is 27.7 Å². The van der Waals surface area contributed by atoms with Crippen LogP contribution in [0, 0.1) is 25.2 Å². The van der Waals surface area contributed by atoms with Gasteiger partial charge in [-0.1, -0.05) is 17.7 Å². The number of amides is 1. The molecule has 4 heterocycles. The van der Waals surface area contributed by atoms with Gasteiger partial charge in [0.1, 0.15) is 22.5 Å². The van der Waals surface area contributed by atoms with Gasteiger partial charge in [0.05, 0.1) is 6.61 Å². The number of fused-ring (bicyclic) bond motifs is 1. The Labute approximate surface area is 182 Å². The molecule has 0 aliphatic carbocycles. The number of amidine groups is 1. The van der Waals surface area contributed by atoms with Gasteiger partial charge < -0.3 is 20.2 Å². The first-order valence-electron chi connectivity index (χ1n) is 9.00. The molecule has 2 aromatic rings. The second kappa shape index (κ2) is 7.85. The molecule has 13 heteroatoms. The number of aliphatic imine (C=N–C) groups is 1. The first-order valence-corrected chi connectivity index (χ1v) is 10.9. The second-order valence-corrected chi connectivity index (χ2v) is 8.88. The molecule has 2 aromatic heterocycles. The van der Waals surface area contributed by atoms with E-state index in [0.717, 1.165) is 0 Å². The summed E-state index contributed by atoms with van der Waals surface area (Å²) in [5.41, 5.74) is 4.23. The van der Waals surface area contributed by atoms with Crippen molar-refractivity contribution in [2.24, 2.45) is 16.6 Å². The van der Waals surface area contributed by atoms with Crippen molar-refractivity contribution < 1.29 is 27.1 Å². The van der Waals surface area contributed by atoms with E-state index >= 15 is 0 Å². The van der Waals surface area contributed by atoms with Crippen LogP contribution in [0.4, 0.5) is 19.0 Å². The lowest BCUT2D eigenvalue weighted by molar-refractivity contribution is -0.153. The molecule has 1 saturated heterocycles. The molecule has 3 atom stereocenters. The van der Waals surface area contributed by atoms with Crippen LogP contribution in [-0.2, 0) is 16.5 Å². The maximum absolute atomic E-state index is 13.1. The van der Waals surface area contributed by atoms with Crippen LogP contribution in [0.1, 0.15) is 33.6 Å². The number of oxazole rings is 1. The SMILES string of the molecule is C#C[C@H]1C[C@H]2CSC(N)=N[C@@]2(c2nc(NC(=O)c3nc(C)oc3C(F)(F)F)cs2)CO1. The lowest BCUT2D eigenvalue weighted by Crippen LogP contribution is -2.49. The van der Waals surface area contributed by atoms with Gasteiger partial charge in [-0.15, -0.1) is 17.8 Å². The maximum Gasteiger partial charge on any atom is 0.452 e. The van der Waals surface area contributed by atoms with Crippen LogP contribution in [0.25, 0.3) is 0 Å². The molecule has 0 bridgehead atoms. The average molecular weight is 471 g/mol. The van der Waals surface area contributed by atoms with Crippen LogP contribution in [-0.4, -0.2) is 39.5 Å². The minimum atomic E-state index is -4.85. The number of aryl methyl sites for hydroxylation is 1. The van der Waals surface area contributed by atoms with Gasteiger partial charge in [0.25, 0.3) is 5.91 Å². The molecule has 0 aromatic carbocycles. The van der Waals surface area contributed by atoms with Crippen molar-refractivity contribution in [1.29, 1.82) is 0 Å². The summed E-state index contributed by atoms with van der Waals surface area (Å²) < 4.78 is 49.6. The number of nitrogens with zero attached hydrogens (tertiary/aromatic N) is 3. The number of anilines is 1. The number of aromatic nitrogens is 2. The molecule has 0 saturated carbocycles. The lowest BCUT2D eigenvalue weighted by Gasteiger charge is -2.43. The first kappa shape index (κ1) is 21.7. The molecule has 2 aliphatic rings. The minimum absolute atomic E-state index is 0.00400. The number of halogens is 3. The molecular formula is C18H16F3N5O3S2. The number of alkyl halides is 3. The molecule has 1 amide bonds. The second-order valence-electron chi connectivity index (χ2n) is 6.98. The average Bonchev–Trinajstić information content (AvgIpc) is 3.34. The minimum Gasteiger partial charge on any atom is -0.436 e. The van der Waals surface area contributed by atoms with E-state index in [-0.39, 0.29) is 30.3 Å². The van der Waals surface area contributed by atoms with E-state index in [1.807, 2.05) is 0 Å². The van der Waals surface area contributed by atoms with Crippen LogP contribution in [0.2, 0.25) is 0 Å². The smallest absolute Gasteiger partial charge is 0.436 e. The lowest BCUT2D eigenvalue weighted by atomic mass is 9.80. The molecule has 3 N–H and O–H groups in total. The Morgan fingerprint density at radius 1 is 1.45 bits per heavy atom. The van der Waals surface area contributed by atoms with Crippen molar-refractivity contribution in [3.63, 3.8) is 0 Å². The van der Waals surface area contributed by atoms with E-state index < -0.39 is 29.1 Å². The highest BCUT2D eigenvalue weighted by Crippen LogP contribution is 2.47. The van der Waals surface area contributed by atoms with Crippen molar-refractivity contribution in [2.45, 2.75) is 31.2 Å². The zero-order valence-corrected chi connectivity index (χ0v) is 17.7. The van der Waals surface area contributed by atoms with E-state index in [9.17, 15) is 18.0 Å². The zero-order valence-electron chi connectivity index (χ0n) is 16.0. The molecular weight excluding hydrogens is 455 g/mol. The summed E-state index contributed by atoms with van der Waals surface area (Å²) in [6.07, 6.45) is 0.862. The van der Waals surface area contributed by atoms with Gasteiger partial charge in [-0.2, -0.15) is 13.2 Å². The third kappa shape index (κ3) is 4.02. The highest BCUT2D eigenvalue weighted by atomic mass is 32.2. The summed E-state index contributed by atoms with van der Waals surface area (Å²) in [5.74, 6) is 0.525. The molecule has 1 fully saturated rings. The van der Waals surface area contributed by atoms with Gasteiger partial charge in [-0.05, 0) is 6.42 Å². The van der Waals surface area contributed by atoms with E-state index in [1.165, 1.54) is 35.4 Å². The van der Waals surface area contributed by atoms with Crippen molar-refractivity contribution in [1.82, 2.24) is 9.97 Å². The summed E-state index contributed by atoms with van der Waals surface area (Å²) in [6.45, 7) is 1.39. The summed E-state index contributed by atoms with van der Waals surface area (Å²) in [6, 6.07) is 0. The van der Waals surface area contributed by atoms with Crippen LogP contribution in [0.15, 0.2) is 14.8 Å². The monoisotopic (exact) mass is 471 g/mol. The predicted molar refractivity (Wildman–Crippen MR) is 109 cm³/mol. The summed E-state index contributed by atoms with van der Waals surface area (Å²) in [5, 5.41) is 4.77. The first-order chi connectivity index (χ1) is 14.6. The number of hydrogen-bond donors (Lipinski definition) is 2. The third-order valence-electron chi connectivity index (χ3n) is 4.93. The number of thiazole rings is 1. The molecule has 0 spiro atoms. The van der Waals surface area contributed by atoms with Crippen molar-refractivity contribution >= 4 is 40.0 Å². The fourth-order valence-electron chi connectivity index (χ4n) is 3.49. The zero-order chi connectivity index (χ0) is 22.4. The van der Waals surface area contributed by atoms with Gasteiger partial charge >= 0.3 is 6.18 Å². The standard InChI is InChI=1S/C18H16F3N5O3S2/c1-3-10-4-9-5-31-16(22)26-17(9,7-28-10)15-25-11(6-30-15)24-14(27)12-13(18(19,20)21)29-8(2)23-12/h1,6,9-10H,4-5,7H2,2H3,(H2,22,26)(H,24,27)/t9-,10-,17-/m0/s1. The van der Waals surface area contributed by atoms with Gasteiger partial charge in [0, 0.05) is 24.0 Å². The number of hydrogen-bond acceptors (Lipinski definition) is 9. The van der Waals surface area contributed by atoms with Crippen LogP contribution >= 0.6 is 23.1 Å². The van der Waals surface area contributed by atoms with Gasteiger partial charge in [0.2, 0.25) is 5.76 Å². The highest BCUT2D eigenvalue weighted by Gasteiger charge is 2.50. The number of ether oxygens (including phenoxy) is 1. The Morgan fingerprint density at radius 3 is 2.94 bits per heavy atom. The number of rotatable bonds is 3. The molecule has 0 unspecified atom stereocenters. The summed E-state index contributed by atoms with van der Waals surface area (Å²) >= 11 is 2.62. The number of thioether (sulfide) groups is 1. The molecule has 164 valence electrons. The topological polar surface area (TPSA) is 116 Å². The number of nitrogens with two attached hydrogens (primary N) is 1. The summed E-state index contributed by atoms with van der Waals surface area (Å²) in [7, 11) is 0. The number of carbonyl (C=O) groups is 1. The Hall–Kier alpha value is -2.56. The van der Waals surface area contributed by atoms with E-state index in [4.69, 9.17) is 16.9 Å². The molecule has 8 nitrogen and oxygen atoms in total. The van der Waals surface area contributed by atoms with Crippen LogP contribution in [0.3, 0.4) is 0 Å². The molecule has 0 radical (unpaired) electrons. The van der Waals surface area contributed by atoms with Crippen molar-refractivity contribution in [2.75, 3.05) is 17.7 Å². The quantitative estimate of drug-likeness (QED) is 0.661. The fourth-order valence-corrected chi connectivity index (χ4v) is 5.46.